The Bertz CT molecular complexity index is 1270. The van der Waals surface area contributed by atoms with E-state index < -0.39 is 41.3 Å². The monoisotopic (exact) mass is 581 g/mol. The molecule has 0 spiro atoms. The molecular formula is C28H29F6N5S. The van der Waals surface area contributed by atoms with Crippen LogP contribution in [0, 0.1) is 0 Å². The molecule has 0 aliphatic heterocycles. The number of guanidine groups is 1. The number of halogens is 6. The Hall–Kier alpha value is -3.80. The van der Waals surface area contributed by atoms with Crippen molar-refractivity contribution in [2.45, 2.75) is 24.4 Å². The molecule has 2 atom stereocenters. The summed E-state index contributed by atoms with van der Waals surface area (Å²) in [7, 11) is 7.35. The van der Waals surface area contributed by atoms with E-state index in [4.69, 9.17) is 17.2 Å². The van der Waals surface area contributed by atoms with Gasteiger partial charge in [-0.15, -0.1) is 0 Å². The third-order valence-corrected chi connectivity index (χ3v) is 6.02. The van der Waals surface area contributed by atoms with Gasteiger partial charge in [0.1, 0.15) is 6.04 Å². The fourth-order valence-corrected chi connectivity index (χ4v) is 4.33. The second-order valence-corrected chi connectivity index (χ2v) is 9.76. The largest absolute Gasteiger partial charge is 0.416 e. The molecule has 0 heterocycles. The van der Waals surface area contributed by atoms with Gasteiger partial charge in [0.2, 0.25) is 0 Å². The summed E-state index contributed by atoms with van der Waals surface area (Å²) in [6.07, 6.45) is -9.97. The van der Waals surface area contributed by atoms with Crippen molar-refractivity contribution in [3.05, 3.63) is 101 Å². The van der Waals surface area contributed by atoms with E-state index in [0.717, 1.165) is 11.1 Å². The second kappa shape index (κ2) is 12.6. The van der Waals surface area contributed by atoms with Gasteiger partial charge >= 0.3 is 12.4 Å². The SMILES string of the molecule is CN(C)C(=NC(c1ccccc1)C(NC(=S)Nc1cc(C(F)(F)F)cc(C(F)(F)F)c1)c1ccccc1)N(C)C. The number of thiocarbonyl (C=S) groups is 1. The first-order valence-corrected chi connectivity index (χ1v) is 12.5. The molecule has 2 N–H and O–H groups in total. The zero-order chi connectivity index (χ0) is 29.7. The number of hydrogen-bond acceptors (Lipinski definition) is 2. The van der Waals surface area contributed by atoms with Crippen LogP contribution in [-0.2, 0) is 12.4 Å². The van der Waals surface area contributed by atoms with Crippen molar-refractivity contribution in [3.63, 3.8) is 0 Å². The van der Waals surface area contributed by atoms with Crippen molar-refractivity contribution >= 4 is 29.0 Å². The minimum absolute atomic E-state index is 0.0681. The molecule has 40 heavy (non-hydrogen) atoms. The normalized spacial score (nSPS) is 13.2. The molecule has 0 radical (unpaired) electrons. The maximum absolute atomic E-state index is 13.4. The summed E-state index contributed by atoms with van der Waals surface area (Å²) in [4.78, 5) is 8.65. The van der Waals surface area contributed by atoms with Gasteiger partial charge in [-0.2, -0.15) is 26.3 Å². The van der Waals surface area contributed by atoms with Crippen LogP contribution in [0.25, 0.3) is 0 Å². The molecule has 3 aromatic carbocycles. The molecule has 0 saturated carbocycles. The first-order valence-electron chi connectivity index (χ1n) is 12.1. The van der Waals surface area contributed by atoms with E-state index in [2.05, 4.69) is 10.6 Å². The van der Waals surface area contributed by atoms with E-state index in [1.54, 1.807) is 0 Å². The summed E-state index contributed by atoms with van der Waals surface area (Å²) in [5, 5.41) is 5.44. The molecular weight excluding hydrogens is 552 g/mol. The van der Waals surface area contributed by atoms with Gasteiger partial charge in [-0.25, -0.2) is 4.99 Å². The summed E-state index contributed by atoms with van der Waals surface area (Å²) < 4.78 is 80.3. The summed E-state index contributed by atoms with van der Waals surface area (Å²) >= 11 is 5.42. The van der Waals surface area contributed by atoms with Gasteiger partial charge < -0.3 is 20.4 Å². The van der Waals surface area contributed by atoms with E-state index in [9.17, 15) is 26.3 Å². The minimum Gasteiger partial charge on any atom is -0.353 e. The average molecular weight is 582 g/mol. The average Bonchev–Trinajstić information content (AvgIpc) is 2.87. The lowest BCUT2D eigenvalue weighted by Crippen LogP contribution is -2.39. The molecule has 0 fully saturated rings. The Morgan fingerprint density at radius 1 is 0.725 bits per heavy atom. The number of anilines is 1. The molecule has 0 amide bonds. The Morgan fingerprint density at radius 3 is 1.60 bits per heavy atom. The zero-order valence-corrected chi connectivity index (χ0v) is 23.0. The van der Waals surface area contributed by atoms with Crippen LogP contribution >= 0.6 is 12.2 Å². The lowest BCUT2D eigenvalue weighted by molar-refractivity contribution is -0.143. The van der Waals surface area contributed by atoms with Gasteiger partial charge in [0.25, 0.3) is 0 Å². The van der Waals surface area contributed by atoms with E-state index in [1.807, 2.05) is 98.7 Å². The van der Waals surface area contributed by atoms with Crippen LogP contribution in [0.15, 0.2) is 83.9 Å². The molecule has 0 aliphatic rings. The first-order chi connectivity index (χ1) is 18.7. The molecule has 3 aromatic rings. The van der Waals surface area contributed by atoms with Gasteiger partial charge in [-0.3, -0.25) is 0 Å². The lowest BCUT2D eigenvalue weighted by atomic mass is 9.94. The standard InChI is InChI=1S/C28H29F6N5S/c1-38(2)26(39(3)4)37-24(19-13-9-6-10-14-19)23(18-11-7-5-8-12-18)36-25(40)35-22-16-20(27(29,30)31)15-21(17-22)28(32,33)34/h5-17,23-24H,1-4H3,(H2,35,36,40). The summed E-state index contributed by atoms with van der Waals surface area (Å²) in [5.74, 6) is 0.628. The molecule has 3 rings (SSSR count). The molecule has 12 heteroatoms. The predicted molar refractivity (Wildman–Crippen MR) is 149 cm³/mol. The van der Waals surface area contributed by atoms with Crippen LogP contribution < -0.4 is 10.6 Å². The quantitative estimate of drug-likeness (QED) is 0.142. The van der Waals surface area contributed by atoms with Gasteiger partial charge in [-0.1, -0.05) is 60.7 Å². The Morgan fingerprint density at radius 2 is 1.18 bits per heavy atom. The summed E-state index contributed by atoms with van der Waals surface area (Å²) in [5.41, 5.74) is -1.78. The topological polar surface area (TPSA) is 42.9 Å². The smallest absolute Gasteiger partial charge is 0.353 e. The highest BCUT2D eigenvalue weighted by molar-refractivity contribution is 7.80. The third-order valence-electron chi connectivity index (χ3n) is 5.80. The fourth-order valence-electron chi connectivity index (χ4n) is 4.09. The molecule has 5 nitrogen and oxygen atoms in total. The minimum atomic E-state index is -4.98. The van der Waals surface area contributed by atoms with E-state index in [1.165, 1.54) is 0 Å². The van der Waals surface area contributed by atoms with Crippen LogP contribution in [0.5, 0.6) is 0 Å². The van der Waals surface area contributed by atoms with Crippen LogP contribution in [-0.4, -0.2) is 49.1 Å². The number of hydrogen-bond donors (Lipinski definition) is 2. The van der Waals surface area contributed by atoms with Crippen molar-refractivity contribution in [2.75, 3.05) is 33.5 Å². The number of benzene rings is 3. The van der Waals surface area contributed by atoms with Crippen molar-refractivity contribution in [1.82, 2.24) is 15.1 Å². The maximum Gasteiger partial charge on any atom is 0.416 e. The van der Waals surface area contributed by atoms with Gasteiger partial charge in [0.15, 0.2) is 11.1 Å². The molecule has 0 aromatic heterocycles. The van der Waals surface area contributed by atoms with Crippen molar-refractivity contribution < 1.29 is 26.3 Å². The highest BCUT2D eigenvalue weighted by Crippen LogP contribution is 2.38. The number of nitrogens with one attached hydrogen (secondary N) is 2. The number of alkyl halides is 6. The van der Waals surface area contributed by atoms with Crippen molar-refractivity contribution in [1.29, 1.82) is 0 Å². The highest BCUT2D eigenvalue weighted by atomic mass is 32.1. The van der Waals surface area contributed by atoms with Gasteiger partial charge in [-0.05, 0) is 41.5 Å². The van der Waals surface area contributed by atoms with Crippen LogP contribution in [0.3, 0.4) is 0 Å². The first kappa shape index (κ1) is 30.7. The molecule has 0 bridgehead atoms. The van der Waals surface area contributed by atoms with Gasteiger partial charge in [0, 0.05) is 33.9 Å². The zero-order valence-electron chi connectivity index (χ0n) is 22.2. The van der Waals surface area contributed by atoms with Gasteiger partial charge in [0.05, 0.1) is 17.2 Å². The third kappa shape index (κ3) is 8.10. The summed E-state index contributed by atoms with van der Waals surface area (Å²) in [6.45, 7) is 0. The fraction of sp³-hybridized carbons (Fsp3) is 0.286. The number of nitrogens with zero attached hydrogens (tertiary/aromatic N) is 3. The Kier molecular flexibility index (Phi) is 9.67. The van der Waals surface area contributed by atoms with Crippen LogP contribution in [0.2, 0.25) is 0 Å². The van der Waals surface area contributed by atoms with E-state index in [0.29, 0.717) is 18.1 Å². The number of rotatable bonds is 6. The second-order valence-electron chi connectivity index (χ2n) is 9.35. The van der Waals surface area contributed by atoms with E-state index >= 15 is 0 Å². The predicted octanol–water partition coefficient (Wildman–Crippen LogP) is 6.97. The Balaban J connectivity index is 2.07. The van der Waals surface area contributed by atoms with Crippen molar-refractivity contribution in [3.8, 4) is 0 Å². The van der Waals surface area contributed by atoms with E-state index in [-0.39, 0.29) is 11.2 Å². The Labute approximate surface area is 234 Å². The summed E-state index contributed by atoms with van der Waals surface area (Å²) in [6, 6.07) is 18.4. The molecule has 0 aliphatic carbocycles. The maximum atomic E-state index is 13.4. The lowest BCUT2D eigenvalue weighted by Gasteiger charge is -2.31. The van der Waals surface area contributed by atoms with Crippen molar-refractivity contribution in [2.24, 2.45) is 4.99 Å². The highest BCUT2D eigenvalue weighted by Gasteiger charge is 2.37. The molecule has 0 saturated heterocycles. The molecule has 214 valence electrons. The number of aliphatic imine (C=N–C) groups is 1. The molecule has 2 unspecified atom stereocenters. The van der Waals surface area contributed by atoms with Crippen LogP contribution in [0.4, 0.5) is 32.0 Å². The van der Waals surface area contributed by atoms with Crippen LogP contribution in [0.1, 0.15) is 34.3 Å².